The van der Waals surface area contributed by atoms with Gasteiger partial charge in [0, 0.05) is 6.07 Å². The Kier molecular flexibility index (Phi) is 3.19. The molecule has 0 aliphatic carbocycles. The highest BCUT2D eigenvalue weighted by atomic mass is 32.2. The highest BCUT2D eigenvalue weighted by molar-refractivity contribution is 7.98. The van der Waals surface area contributed by atoms with Crippen molar-refractivity contribution in [1.82, 2.24) is 0 Å². The zero-order valence-electron chi connectivity index (χ0n) is 7.68. The van der Waals surface area contributed by atoms with E-state index in [4.69, 9.17) is 4.74 Å². The molecule has 1 rings (SSSR count). The van der Waals surface area contributed by atoms with Crippen molar-refractivity contribution >= 4 is 17.4 Å². The summed E-state index contributed by atoms with van der Waals surface area (Å²) in [5.74, 6) is 0.0111. The number of nitrogens with zero attached hydrogens (tertiary/aromatic N) is 1. The van der Waals surface area contributed by atoms with Gasteiger partial charge in [0.2, 0.25) is 0 Å². The molecule has 1 aromatic carbocycles. The topological polar surface area (TPSA) is 72.6 Å². The summed E-state index contributed by atoms with van der Waals surface area (Å²) in [4.78, 5) is 10.5. The van der Waals surface area contributed by atoms with Crippen molar-refractivity contribution in [3.05, 3.63) is 22.2 Å². The second-order valence-corrected chi connectivity index (χ2v) is 3.30. The lowest BCUT2D eigenvalue weighted by Crippen LogP contribution is -1.92. The van der Waals surface area contributed by atoms with Gasteiger partial charge in [0.1, 0.15) is 0 Å². The molecule has 0 radical (unpaired) electrons. The molecule has 0 fully saturated rings. The number of rotatable bonds is 3. The molecule has 0 aliphatic rings. The molecule has 0 unspecified atom stereocenters. The van der Waals surface area contributed by atoms with Crippen molar-refractivity contribution in [2.24, 2.45) is 0 Å². The van der Waals surface area contributed by atoms with Crippen LogP contribution in [0.2, 0.25) is 0 Å². The van der Waals surface area contributed by atoms with Crippen LogP contribution in [0.4, 0.5) is 5.69 Å². The number of thioether (sulfide) groups is 1. The number of ether oxygens (including phenoxy) is 1. The van der Waals surface area contributed by atoms with Crippen molar-refractivity contribution in [2.75, 3.05) is 13.4 Å². The number of hydrogen-bond acceptors (Lipinski definition) is 5. The minimum absolute atomic E-state index is 0.115. The summed E-state index contributed by atoms with van der Waals surface area (Å²) >= 11 is 1.23. The van der Waals surface area contributed by atoms with Gasteiger partial charge in [-0.3, -0.25) is 10.1 Å². The molecule has 0 aromatic heterocycles. The van der Waals surface area contributed by atoms with E-state index in [0.717, 1.165) is 6.07 Å². The Morgan fingerprint density at radius 3 is 2.64 bits per heavy atom. The fourth-order valence-electron chi connectivity index (χ4n) is 1.01. The van der Waals surface area contributed by atoms with Crippen LogP contribution < -0.4 is 4.74 Å². The van der Waals surface area contributed by atoms with E-state index in [1.807, 2.05) is 0 Å². The van der Waals surface area contributed by atoms with Gasteiger partial charge < -0.3 is 9.84 Å². The van der Waals surface area contributed by atoms with E-state index in [2.05, 4.69) is 0 Å². The van der Waals surface area contributed by atoms with Crippen LogP contribution in [0.5, 0.6) is 11.5 Å². The predicted molar refractivity (Wildman–Crippen MR) is 53.1 cm³/mol. The Morgan fingerprint density at radius 1 is 1.57 bits per heavy atom. The summed E-state index contributed by atoms with van der Waals surface area (Å²) in [6.45, 7) is 0. The van der Waals surface area contributed by atoms with Crippen molar-refractivity contribution in [2.45, 2.75) is 4.90 Å². The van der Waals surface area contributed by atoms with Crippen molar-refractivity contribution in [3.63, 3.8) is 0 Å². The molecule has 0 aliphatic heterocycles. The van der Waals surface area contributed by atoms with Crippen LogP contribution in [0.15, 0.2) is 17.0 Å². The Morgan fingerprint density at radius 2 is 2.21 bits per heavy atom. The third kappa shape index (κ3) is 1.90. The first-order valence-electron chi connectivity index (χ1n) is 3.69. The molecule has 5 nitrogen and oxygen atoms in total. The lowest BCUT2D eigenvalue weighted by atomic mass is 10.3. The molecular formula is C8H9NO4S. The molecule has 1 aromatic rings. The minimum Gasteiger partial charge on any atom is -0.504 e. The van der Waals surface area contributed by atoms with Crippen molar-refractivity contribution in [3.8, 4) is 11.5 Å². The van der Waals surface area contributed by atoms with Gasteiger partial charge in [-0.15, -0.1) is 11.8 Å². The fraction of sp³-hybridized carbons (Fsp3) is 0.250. The highest BCUT2D eigenvalue weighted by Crippen LogP contribution is 2.37. The number of aromatic hydroxyl groups is 1. The van der Waals surface area contributed by atoms with E-state index >= 15 is 0 Å². The van der Waals surface area contributed by atoms with Crippen LogP contribution in [0.25, 0.3) is 0 Å². The Labute approximate surface area is 84.8 Å². The fourth-order valence-corrected chi connectivity index (χ4v) is 1.58. The molecule has 0 saturated heterocycles. The summed E-state index contributed by atoms with van der Waals surface area (Å²) < 4.78 is 4.84. The highest BCUT2D eigenvalue weighted by Gasteiger charge is 2.17. The zero-order valence-corrected chi connectivity index (χ0v) is 8.50. The molecule has 0 saturated carbocycles. The normalized spacial score (nSPS) is 9.86. The summed E-state index contributed by atoms with van der Waals surface area (Å²) in [7, 11) is 1.39. The van der Waals surface area contributed by atoms with Gasteiger partial charge in [-0.05, 0) is 6.26 Å². The number of nitro groups is 1. The first kappa shape index (κ1) is 10.6. The maximum atomic E-state index is 10.6. The first-order chi connectivity index (χ1) is 6.60. The predicted octanol–water partition coefficient (Wildman–Crippen LogP) is 2.03. The van der Waals surface area contributed by atoms with E-state index in [1.165, 1.54) is 24.9 Å². The third-order valence-electron chi connectivity index (χ3n) is 1.68. The molecule has 0 bridgehead atoms. The van der Waals surface area contributed by atoms with Gasteiger partial charge in [0.05, 0.1) is 23.0 Å². The van der Waals surface area contributed by atoms with Crippen LogP contribution in [0.3, 0.4) is 0 Å². The maximum Gasteiger partial charge on any atom is 0.286 e. The molecule has 0 heterocycles. The van der Waals surface area contributed by atoms with Crippen LogP contribution in [0.1, 0.15) is 0 Å². The van der Waals surface area contributed by atoms with Gasteiger partial charge >= 0.3 is 0 Å². The Hall–Kier alpha value is -1.43. The van der Waals surface area contributed by atoms with Gasteiger partial charge in [0.15, 0.2) is 11.5 Å². The molecular weight excluding hydrogens is 206 g/mol. The van der Waals surface area contributed by atoms with Gasteiger partial charge in [-0.25, -0.2) is 0 Å². The average molecular weight is 215 g/mol. The van der Waals surface area contributed by atoms with Crippen molar-refractivity contribution in [1.29, 1.82) is 0 Å². The summed E-state index contributed by atoms with van der Waals surface area (Å²) in [5, 5.41) is 19.9. The molecule has 0 atom stereocenters. The lowest BCUT2D eigenvalue weighted by Gasteiger charge is -2.05. The number of phenols is 1. The van der Waals surface area contributed by atoms with Gasteiger partial charge in [0.25, 0.3) is 5.69 Å². The lowest BCUT2D eigenvalue weighted by molar-refractivity contribution is -0.387. The monoisotopic (exact) mass is 215 g/mol. The summed E-state index contributed by atoms with van der Waals surface area (Å²) in [5.41, 5.74) is -0.115. The van der Waals surface area contributed by atoms with E-state index in [1.54, 1.807) is 6.26 Å². The first-order valence-corrected chi connectivity index (χ1v) is 4.92. The Balaban J connectivity index is 3.31. The standard InChI is InChI=1S/C8H9NO4S/c1-13-7-4-8(14-2)5(9(11)12)3-6(7)10/h3-4,10H,1-2H3. The third-order valence-corrected chi connectivity index (χ3v) is 2.44. The van der Waals surface area contributed by atoms with E-state index in [0.29, 0.717) is 4.90 Å². The van der Waals surface area contributed by atoms with E-state index < -0.39 is 4.92 Å². The molecule has 76 valence electrons. The molecule has 14 heavy (non-hydrogen) atoms. The number of benzene rings is 1. The summed E-state index contributed by atoms with van der Waals surface area (Å²) in [6, 6.07) is 2.53. The van der Waals surface area contributed by atoms with Crippen LogP contribution in [-0.2, 0) is 0 Å². The zero-order chi connectivity index (χ0) is 10.7. The second-order valence-electron chi connectivity index (χ2n) is 2.45. The average Bonchev–Trinajstić information content (AvgIpc) is 2.17. The quantitative estimate of drug-likeness (QED) is 0.474. The molecule has 0 amide bonds. The van der Waals surface area contributed by atoms with Crippen molar-refractivity contribution < 1.29 is 14.8 Å². The molecule has 0 spiro atoms. The number of nitro benzene ring substituents is 1. The van der Waals surface area contributed by atoms with E-state index in [-0.39, 0.29) is 17.2 Å². The number of hydrogen-bond donors (Lipinski definition) is 1. The van der Waals surface area contributed by atoms with Gasteiger partial charge in [-0.1, -0.05) is 0 Å². The van der Waals surface area contributed by atoms with Crippen LogP contribution in [-0.4, -0.2) is 23.4 Å². The number of methoxy groups -OCH3 is 1. The van der Waals surface area contributed by atoms with E-state index in [9.17, 15) is 15.2 Å². The maximum absolute atomic E-state index is 10.6. The van der Waals surface area contributed by atoms with Crippen LogP contribution in [0, 0.1) is 10.1 Å². The van der Waals surface area contributed by atoms with Gasteiger partial charge in [-0.2, -0.15) is 0 Å². The SMILES string of the molecule is COc1cc(SC)c([N+](=O)[O-])cc1O. The smallest absolute Gasteiger partial charge is 0.286 e. The largest absolute Gasteiger partial charge is 0.504 e. The minimum atomic E-state index is -0.537. The van der Waals surface area contributed by atoms with Crippen LogP contribution >= 0.6 is 11.8 Å². The Bertz CT molecular complexity index is 367. The second kappa shape index (κ2) is 4.19. The summed E-state index contributed by atoms with van der Waals surface area (Å²) in [6.07, 6.45) is 1.72. The number of phenolic OH excluding ortho intramolecular Hbond substituents is 1. The molecule has 1 N–H and O–H groups in total. The molecule has 6 heteroatoms.